The zero-order valence-electron chi connectivity index (χ0n) is 34.3. The van der Waals surface area contributed by atoms with Gasteiger partial charge in [0, 0.05) is 14.1 Å². The molecule has 0 aromatic heterocycles. The van der Waals surface area contributed by atoms with Crippen LogP contribution in [0, 0.1) is 5.41 Å². The van der Waals surface area contributed by atoms with E-state index >= 15 is 0 Å². The summed E-state index contributed by atoms with van der Waals surface area (Å²) < 4.78 is 23.1. The second kappa shape index (κ2) is 25.9. The highest BCUT2D eigenvalue weighted by molar-refractivity contribution is 6.06. The standard InChI is InChI=1S/C42H72N2O13/c1-4-5-6-7-8-9-10-11-12-13-14-15-16-17-18-19-24-54-29-22-20-28(21-23-29)25-42(40(52)43-2,41(53)44-3)38-35(50)34(49)37(31(27-46)55-38)57-39-36(51)33(48)32(47)30(26-45)56-39/h20-23,30-39,45-51H,4-19,24-27H2,1-3H3,(H,43,52)(H,44,53)/t30-,31-,32+,33+,34-,35-,36-,37-,38-,39+/m1/s1. The van der Waals surface area contributed by atoms with Crippen LogP contribution in [-0.2, 0) is 30.2 Å². The fourth-order valence-electron chi connectivity index (χ4n) is 7.93. The van der Waals surface area contributed by atoms with Crippen molar-refractivity contribution < 1.29 is 64.3 Å². The number of rotatable bonds is 27. The minimum absolute atomic E-state index is 0.281. The Bertz CT molecular complexity index is 1250. The van der Waals surface area contributed by atoms with Crippen molar-refractivity contribution in [3.63, 3.8) is 0 Å². The van der Waals surface area contributed by atoms with Crippen molar-refractivity contribution in [2.45, 2.75) is 177 Å². The third-order valence-electron chi connectivity index (χ3n) is 11.4. The normalized spacial score (nSPS) is 27.9. The first kappa shape index (κ1) is 48.9. The molecule has 3 rings (SSSR count). The molecular formula is C42H72N2O13. The van der Waals surface area contributed by atoms with E-state index in [0.717, 1.165) is 12.8 Å². The third-order valence-corrected chi connectivity index (χ3v) is 11.4. The topological polar surface area (TPSA) is 237 Å². The Balaban J connectivity index is 1.53. The SMILES string of the molecule is CCCCCCCCCCCCCCCCCCOc1ccc(CC(C(=O)NC)(C(=O)NC)[C@@H]2O[C@H](CO)[C@@H](O[C@@H]3O[C@H](CO)[C@H](O)[C@H](O)[C@H]3O)[C@H](O)[C@H]2O)cc1. The van der Waals surface area contributed by atoms with E-state index in [2.05, 4.69) is 17.6 Å². The molecule has 2 aliphatic rings. The number of carbonyl (C=O) groups excluding carboxylic acids is 2. The Morgan fingerprint density at radius 1 is 0.632 bits per heavy atom. The van der Waals surface area contributed by atoms with Crippen molar-refractivity contribution in [1.82, 2.24) is 10.6 Å². The van der Waals surface area contributed by atoms with E-state index < -0.39 is 91.7 Å². The number of benzene rings is 1. The lowest BCUT2D eigenvalue weighted by atomic mass is 9.70. The molecule has 10 atom stereocenters. The molecular weight excluding hydrogens is 740 g/mol. The van der Waals surface area contributed by atoms with Crippen molar-refractivity contribution in [3.8, 4) is 5.75 Å². The van der Waals surface area contributed by atoms with Crippen LogP contribution in [0.4, 0.5) is 0 Å². The van der Waals surface area contributed by atoms with Crippen LogP contribution in [-0.4, -0.2) is 143 Å². The lowest BCUT2D eigenvalue weighted by molar-refractivity contribution is -0.345. The molecule has 2 heterocycles. The van der Waals surface area contributed by atoms with Crippen LogP contribution in [0.1, 0.15) is 115 Å². The van der Waals surface area contributed by atoms with Crippen LogP contribution >= 0.6 is 0 Å². The maximum absolute atomic E-state index is 13.7. The molecule has 57 heavy (non-hydrogen) atoms. The van der Waals surface area contributed by atoms with Gasteiger partial charge < -0.3 is 65.3 Å². The summed E-state index contributed by atoms with van der Waals surface area (Å²) in [5.41, 5.74) is -1.65. The summed E-state index contributed by atoms with van der Waals surface area (Å²) in [5, 5.41) is 78.5. The maximum Gasteiger partial charge on any atom is 0.238 e. The van der Waals surface area contributed by atoms with E-state index in [1.165, 1.54) is 104 Å². The van der Waals surface area contributed by atoms with Crippen molar-refractivity contribution in [2.24, 2.45) is 5.41 Å². The first-order valence-electron chi connectivity index (χ1n) is 21.2. The average Bonchev–Trinajstić information content (AvgIpc) is 3.22. The van der Waals surface area contributed by atoms with Gasteiger partial charge in [-0.15, -0.1) is 0 Å². The van der Waals surface area contributed by atoms with E-state index in [-0.39, 0.29) is 6.42 Å². The van der Waals surface area contributed by atoms with Crippen LogP contribution < -0.4 is 15.4 Å². The van der Waals surface area contributed by atoms with Crippen LogP contribution in [0.3, 0.4) is 0 Å². The Hall–Kier alpha value is -2.44. The predicted octanol–water partition coefficient (Wildman–Crippen LogP) is 2.01. The van der Waals surface area contributed by atoms with Crippen LogP contribution in [0.5, 0.6) is 5.75 Å². The Kier molecular flexibility index (Phi) is 22.2. The number of hydrogen-bond acceptors (Lipinski definition) is 13. The second-order valence-corrected chi connectivity index (χ2v) is 15.7. The summed E-state index contributed by atoms with van der Waals surface area (Å²) in [5.74, 6) is -1.04. The van der Waals surface area contributed by atoms with Crippen LogP contribution in [0.25, 0.3) is 0 Å². The van der Waals surface area contributed by atoms with E-state index in [9.17, 15) is 45.3 Å². The average molecular weight is 813 g/mol. The van der Waals surface area contributed by atoms with Gasteiger partial charge in [-0.1, -0.05) is 115 Å². The van der Waals surface area contributed by atoms with Gasteiger partial charge in [0.1, 0.15) is 60.7 Å². The summed E-state index contributed by atoms with van der Waals surface area (Å²) in [7, 11) is 2.63. The lowest BCUT2D eigenvalue weighted by Crippen LogP contribution is -2.70. The molecule has 0 unspecified atom stereocenters. The Morgan fingerprint density at radius 3 is 1.60 bits per heavy atom. The summed E-state index contributed by atoms with van der Waals surface area (Å²) in [6, 6.07) is 6.86. The highest BCUT2D eigenvalue weighted by atomic mass is 16.7. The molecule has 0 bridgehead atoms. The summed E-state index contributed by atoms with van der Waals surface area (Å²) in [4.78, 5) is 27.4. The fourth-order valence-corrected chi connectivity index (χ4v) is 7.93. The molecule has 9 N–H and O–H groups in total. The molecule has 0 radical (unpaired) electrons. The summed E-state index contributed by atoms with van der Waals surface area (Å²) in [6.45, 7) is 1.24. The molecule has 328 valence electrons. The van der Waals surface area contributed by atoms with Gasteiger partial charge in [0.15, 0.2) is 11.7 Å². The van der Waals surface area contributed by atoms with Crippen molar-refractivity contribution in [1.29, 1.82) is 0 Å². The van der Waals surface area contributed by atoms with Gasteiger partial charge in [-0.2, -0.15) is 0 Å². The number of hydrogen-bond donors (Lipinski definition) is 9. The molecule has 2 amide bonds. The van der Waals surface area contributed by atoms with Crippen LogP contribution in [0.2, 0.25) is 0 Å². The highest BCUT2D eigenvalue weighted by Gasteiger charge is 2.61. The lowest BCUT2D eigenvalue weighted by Gasteiger charge is -2.49. The molecule has 0 aliphatic carbocycles. The molecule has 15 heteroatoms. The van der Waals surface area contributed by atoms with Gasteiger partial charge in [0.05, 0.1) is 19.8 Å². The number of aliphatic hydroxyl groups is 7. The number of aliphatic hydroxyl groups excluding tert-OH is 7. The van der Waals surface area contributed by atoms with Crippen molar-refractivity contribution in [3.05, 3.63) is 29.8 Å². The Morgan fingerprint density at radius 2 is 1.12 bits per heavy atom. The first-order valence-corrected chi connectivity index (χ1v) is 21.2. The number of carbonyl (C=O) groups is 2. The fraction of sp³-hybridized carbons (Fsp3) is 0.810. The maximum atomic E-state index is 13.7. The van der Waals surface area contributed by atoms with E-state index in [1.807, 2.05) is 0 Å². The second-order valence-electron chi connectivity index (χ2n) is 15.7. The Labute approximate surface area is 338 Å². The molecule has 0 spiro atoms. The van der Waals surface area contributed by atoms with Gasteiger partial charge in [0.25, 0.3) is 0 Å². The molecule has 2 fully saturated rings. The highest BCUT2D eigenvalue weighted by Crippen LogP contribution is 2.40. The summed E-state index contributed by atoms with van der Waals surface area (Å²) in [6.07, 6.45) is 3.25. The van der Waals surface area contributed by atoms with Crippen LogP contribution in [0.15, 0.2) is 24.3 Å². The van der Waals surface area contributed by atoms with E-state index in [4.69, 9.17) is 18.9 Å². The minimum atomic E-state index is -2.17. The first-order chi connectivity index (χ1) is 27.5. The molecule has 1 aromatic rings. The van der Waals surface area contributed by atoms with E-state index in [1.54, 1.807) is 24.3 Å². The molecule has 2 aliphatic heterocycles. The largest absolute Gasteiger partial charge is 0.494 e. The van der Waals surface area contributed by atoms with Crippen molar-refractivity contribution >= 4 is 11.8 Å². The molecule has 1 aromatic carbocycles. The number of nitrogens with one attached hydrogen (secondary N) is 2. The van der Waals surface area contributed by atoms with Gasteiger partial charge >= 0.3 is 0 Å². The zero-order valence-corrected chi connectivity index (χ0v) is 34.3. The molecule has 15 nitrogen and oxygen atoms in total. The molecule has 2 saturated heterocycles. The van der Waals surface area contributed by atoms with Gasteiger partial charge in [-0.25, -0.2) is 0 Å². The predicted molar refractivity (Wildman–Crippen MR) is 212 cm³/mol. The minimum Gasteiger partial charge on any atom is -0.494 e. The van der Waals surface area contributed by atoms with E-state index in [0.29, 0.717) is 17.9 Å². The number of ether oxygens (including phenoxy) is 4. The summed E-state index contributed by atoms with van der Waals surface area (Å²) >= 11 is 0. The number of unbranched alkanes of at least 4 members (excludes halogenated alkanes) is 15. The number of amides is 2. The van der Waals surface area contributed by atoms with Gasteiger partial charge in [0.2, 0.25) is 11.8 Å². The van der Waals surface area contributed by atoms with Gasteiger partial charge in [-0.3, -0.25) is 9.59 Å². The molecule has 0 saturated carbocycles. The monoisotopic (exact) mass is 813 g/mol. The zero-order chi connectivity index (χ0) is 41.8. The third kappa shape index (κ3) is 13.8. The smallest absolute Gasteiger partial charge is 0.238 e. The van der Waals surface area contributed by atoms with Gasteiger partial charge in [-0.05, 0) is 30.5 Å². The quantitative estimate of drug-likeness (QED) is 0.0458. The van der Waals surface area contributed by atoms with Crippen molar-refractivity contribution in [2.75, 3.05) is 33.9 Å².